The van der Waals surface area contributed by atoms with Crippen LogP contribution in [0.15, 0.2) is 33.3 Å². The van der Waals surface area contributed by atoms with Gasteiger partial charge in [0.2, 0.25) is 0 Å². The van der Waals surface area contributed by atoms with Gasteiger partial charge in [0, 0.05) is 4.48 Å². The molecule has 1 rings (SSSR count). The standard InChI is InChI=1S/C7H6Br2/c8-6-3-1-2-4-7(9)5-6/h1-3,5H,4H2. The van der Waals surface area contributed by atoms with E-state index >= 15 is 0 Å². The maximum atomic E-state index is 3.42. The Morgan fingerprint density at radius 2 is 2.11 bits per heavy atom. The second-order valence-corrected chi connectivity index (χ2v) is 3.71. The lowest BCUT2D eigenvalue weighted by molar-refractivity contribution is 1.38. The summed E-state index contributed by atoms with van der Waals surface area (Å²) in [5, 5.41) is 0. The molecule has 0 aromatic rings. The van der Waals surface area contributed by atoms with E-state index in [4.69, 9.17) is 0 Å². The van der Waals surface area contributed by atoms with Gasteiger partial charge in [-0.3, -0.25) is 0 Å². The maximum absolute atomic E-state index is 3.42. The molecule has 0 unspecified atom stereocenters. The van der Waals surface area contributed by atoms with Gasteiger partial charge in [-0.2, -0.15) is 0 Å². The fourth-order valence-corrected chi connectivity index (χ4v) is 1.77. The van der Waals surface area contributed by atoms with Gasteiger partial charge < -0.3 is 0 Å². The summed E-state index contributed by atoms with van der Waals surface area (Å²) >= 11 is 6.80. The third-order valence-electron chi connectivity index (χ3n) is 0.999. The normalized spacial score (nSPS) is 18.4. The van der Waals surface area contributed by atoms with Crippen LogP contribution in [-0.4, -0.2) is 0 Å². The lowest BCUT2D eigenvalue weighted by atomic mass is 10.4. The van der Waals surface area contributed by atoms with E-state index in [1.807, 2.05) is 12.2 Å². The van der Waals surface area contributed by atoms with Crippen molar-refractivity contribution in [2.24, 2.45) is 0 Å². The van der Waals surface area contributed by atoms with Gasteiger partial charge in [0.1, 0.15) is 0 Å². The largest absolute Gasteiger partial charge is 0.0796 e. The van der Waals surface area contributed by atoms with E-state index in [0.29, 0.717) is 0 Å². The Hall–Kier alpha value is 0.180. The van der Waals surface area contributed by atoms with Crippen LogP contribution in [0.4, 0.5) is 0 Å². The average Bonchev–Trinajstić information content (AvgIpc) is 1.93. The molecule has 0 fully saturated rings. The average molecular weight is 250 g/mol. The van der Waals surface area contributed by atoms with E-state index in [9.17, 15) is 0 Å². The van der Waals surface area contributed by atoms with Crippen LogP contribution in [-0.2, 0) is 0 Å². The second-order valence-electron chi connectivity index (χ2n) is 1.78. The van der Waals surface area contributed by atoms with Crippen molar-refractivity contribution >= 4 is 31.9 Å². The minimum Gasteiger partial charge on any atom is -0.0796 e. The topological polar surface area (TPSA) is 0 Å². The Bertz CT molecular complexity index is 187. The van der Waals surface area contributed by atoms with Crippen LogP contribution in [0, 0.1) is 0 Å². The van der Waals surface area contributed by atoms with Crippen molar-refractivity contribution in [3.05, 3.63) is 33.3 Å². The summed E-state index contributed by atoms with van der Waals surface area (Å²) in [4.78, 5) is 0. The summed E-state index contributed by atoms with van der Waals surface area (Å²) in [7, 11) is 0. The second kappa shape index (κ2) is 3.37. The molecule has 0 aromatic carbocycles. The van der Waals surface area contributed by atoms with Crippen molar-refractivity contribution in [1.82, 2.24) is 0 Å². The van der Waals surface area contributed by atoms with Crippen molar-refractivity contribution in [3.8, 4) is 0 Å². The molecule has 0 saturated heterocycles. The summed E-state index contributed by atoms with van der Waals surface area (Å²) < 4.78 is 2.32. The lowest BCUT2D eigenvalue weighted by Crippen LogP contribution is -1.63. The fourth-order valence-electron chi connectivity index (χ4n) is 0.597. The van der Waals surface area contributed by atoms with Gasteiger partial charge in [0.05, 0.1) is 0 Å². The van der Waals surface area contributed by atoms with Crippen molar-refractivity contribution in [3.63, 3.8) is 0 Å². The third-order valence-corrected chi connectivity index (χ3v) is 2.04. The molecular weight excluding hydrogens is 244 g/mol. The predicted octanol–water partition coefficient (Wildman–Crippen LogP) is 3.50. The third kappa shape index (κ3) is 2.50. The van der Waals surface area contributed by atoms with E-state index in [-0.39, 0.29) is 0 Å². The first-order valence-corrected chi connectivity index (χ1v) is 4.26. The highest BCUT2D eigenvalue weighted by Crippen LogP contribution is 2.20. The molecule has 1 aliphatic carbocycles. The quantitative estimate of drug-likeness (QED) is 0.617. The van der Waals surface area contributed by atoms with Crippen molar-refractivity contribution in [2.45, 2.75) is 6.42 Å². The Morgan fingerprint density at radius 3 is 2.89 bits per heavy atom. The Kier molecular flexibility index (Phi) is 2.73. The number of hydrogen-bond donors (Lipinski definition) is 0. The van der Waals surface area contributed by atoms with Crippen LogP contribution in [0.25, 0.3) is 0 Å². The summed E-state index contributed by atoms with van der Waals surface area (Å²) in [6.45, 7) is 0. The molecule has 0 aromatic heterocycles. The van der Waals surface area contributed by atoms with Crippen LogP contribution in [0.2, 0.25) is 0 Å². The number of hydrogen-bond acceptors (Lipinski definition) is 0. The van der Waals surface area contributed by atoms with E-state index in [1.165, 1.54) is 4.48 Å². The van der Waals surface area contributed by atoms with Crippen LogP contribution in [0.3, 0.4) is 0 Å². The molecule has 48 valence electrons. The van der Waals surface area contributed by atoms with Gasteiger partial charge in [0.15, 0.2) is 0 Å². The molecule has 9 heavy (non-hydrogen) atoms. The Morgan fingerprint density at radius 1 is 1.33 bits per heavy atom. The van der Waals surface area contributed by atoms with E-state index < -0.39 is 0 Å². The molecule has 0 amide bonds. The fraction of sp³-hybridized carbons (Fsp3) is 0.143. The summed E-state index contributed by atoms with van der Waals surface area (Å²) in [6.07, 6.45) is 9.21. The summed E-state index contributed by atoms with van der Waals surface area (Å²) in [5.41, 5.74) is 0. The predicted molar refractivity (Wildman–Crippen MR) is 47.8 cm³/mol. The van der Waals surface area contributed by atoms with Gasteiger partial charge in [0.25, 0.3) is 0 Å². The molecule has 2 heteroatoms. The van der Waals surface area contributed by atoms with Crippen LogP contribution < -0.4 is 0 Å². The van der Waals surface area contributed by atoms with Gasteiger partial charge in [-0.25, -0.2) is 0 Å². The van der Waals surface area contributed by atoms with E-state index in [2.05, 4.69) is 44.0 Å². The molecule has 0 nitrogen and oxygen atoms in total. The first-order valence-electron chi connectivity index (χ1n) is 2.67. The zero-order chi connectivity index (χ0) is 6.69. The van der Waals surface area contributed by atoms with E-state index in [0.717, 1.165) is 10.9 Å². The number of allylic oxidation sites excluding steroid dienone is 6. The first kappa shape index (κ1) is 7.29. The molecule has 0 aliphatic heterocycles. The number of rotatable bonds is 0. The zero-order valence-corrected chi connectivity index (χ0v) is 7.94. The molecule has 0 spiro atoms. The molecule has 0 bridgehead atoms. The highest BCUT2D eigenvalue weighted by Gasteiger charge is 1.92. The van der Waals surface area contributed by atoms with Gasteiger partial charge in [-0.05, 0) is 23.1 Å². The molecule has 0 heterocycles. The molecular formula is C7H6Br2. The highest BCUT2D eigenvalue weighted by molar-refractivity contribution is 9.12. The van der Waals surface area contributed by atoms with Gasteiger partial charge in [-0.15, -0.1) is 0 Å². The molecule has 0 saturated carbocycles. The number of halogens is 2. The summed E-state index contributed by atoms with van der Waals surface area (Å²) in [6, 6.07) is 0. The molecule has 0 atom stereocenters. The minimum atomic E-state index is 0.992. The van der Waals surface area contributed by atoms with E-state index in [1.54, 1.807) is 0 Å². The Balaban J connectivity index is 2.82. The molecule has 0 N–H and O–H groups in total. The first-order chi connectivity index (χ1) is 4.29. The zero-order valence-electron chi connectivity index (χ0n) is 4.77. The Labute approximate surface area is 71.6 Å². The highest BCUT2D eigenvalue weighted by atomic mass is 79.9. The van der Waals surface area contributed by atoms with Gasteiger partial charge in [-0.1, -0.05) is 44.0 Å². The summed E-state index contributed by atoms with van der Waals surface area (Å²) in [5.74, 6) is 0. The monoisotopic (exact) mass is 248 g/mol. The van der Waals surface area contributed by atoms with Crippen molar-refractivity contribution < 1.29 is 0 Å². The maximum Gasteiger partial charge on any atom is 0.0183 e. The molecule has 1 aliphatic rings. The van der Waals surface area contributed by atoms with Gasteiger partial charge >= 0.3 is 0 Å². The van der Waals surface area contributed by atoms with Crippen LogP contribution in [0.5, 0.6) is 0 Å². The van der Waals surface area contributed by atoms with Crippen LogP contribution in [0.1, 0.15) is 6.42 Å². The molecule has 0 radical (unpaired) electrons. The lowest BCUT2D eigenvalue weighted by Gasteiger charge is -1.87. The minimum absolute atomic E-state index is 0.992. The van der Waals surface area contributed by atoms with Crippen LogP contribution >= 0.6 is 31.9 Å². The van der Waals surface area contributed by atoms with Crippen molar-refractivity contribution in [2.75, 3.05) is 0 Å². The SMILES string of the molecule is BrC1=CC=CCC(Br)=C1. The smallest absolute Gasteiger partial charge is 0.0183 e. The van der Waals surface area contributed by atoms with Crippen molar-refractivity contribution in [1.29, 1.82) is 0 Å².